The van der Waals surface area contributed by atoms with Crippen LogP contribution in [0.1, 0.15) is 25.1 Å². The molecule has 5 heteroatoms. The highest BCUT2D eigenvalue weighted by Crippen LogP contribution is 2.34. The van der Waals surface area contributed by atoms with Gasteiger partial charge in [-0.1, -0.05) is 6.92 Å². The zero-order valence-corrected chi connectivity index (χ0v) is 12.6. The van der Waals surface area contributed by atoms with Crippen LogP contribution in [-0.4, -0.2) is 23.3 Å². The Kier molecular flexibility index (Phi) is 5.38. The molecule has 2 rings (SSSR count). The smallest absolute Gasteiger partial charge is 0.161 e. The molecule has 1 aromatic heterocycles. The molecule has 0 saturated carbocycles. The monoisotopic (exact) mass is 293 g/mol. The fourth-order valence-electron chi connectivity index (χ4n) is 1.75. The van der Waals surface area contributed by atoms with Gasteiger partial charge in [0.2, 0.25) is 0 Å². The molecule has 0 saturated heterocycles. The summed E-state index contributed by atoms with van der Waals surface area (Å²) in [5.41, 5.74) is 0.974. The van der Waals surface area contributed by atoms with E-state index in [9.17, 15) is 0 Å². The van der Waals surface area contributed by atoms with Crippen LogP contribution in [0.4, 0.5) is 0 Å². The van der Waals surface area contributed by atoms with Gasteiger partial charge >= 0.3 is 0 Å². The molecule has 0 aliphatic heterocycles. The van der Waals surface area contributed by atoms with E-state index in [-0.39, 0.29) is 6.61 Å². The van der Waals surface area contributed by atoms with E-state index < -0.39 is 0 Å². The summed E-state index contributed by atoms with van der Waals surface area (Å²) in [5, 5.41) is 9.98. The molecule has 0 fully saturated rings. The first-order valence-corrected chi connectivity index (χ1v) is 7.55. The van der Waals surface area contributed by atoms with Crippen LogP contribution in [0.15, 0.2) is 24.4 Å². The Morgan fingerprint density at radius 2 is 2.05 bits per heavy atom. The number of hydrogen-bond acceptors (Lipinski definition) is 5. The van der Waals surface area contributed by atoms with Gasteiger partial charge in [0, 0.05) is 11.8 Å². The molecule has 2 aromatic rings. The molecule has 0 atom stereocenters. The van der Waals surface area contributed by atoms with Gasteiger partial charge in [-0.25, -0.2) is 4.98 Å². The van der Waals surface area contributed by atoms with Crippen molar-refractivity contribution in [2.24, 2.45) is 0 Å². The molecule has 0 radical (unpaired) electrons. The fraction of sp³-hybridized carbons (Fsp3) is 0.400. The van der Waals surface area contributed by atoms with Gasteiger partial charge in [0.05, 0.1) is 24.7 Å². The Morgan fingerprint density at radius 1 is 1.20 bits per heavy atom. The minimum Gasteiger partial charge on any atom is -0.490 e. The third-order valence-electron chi connectivity index (χ3n) is 2.66. The van der Waals surface area contributed by atoms with Crippen molar-refractivity contribution in [3.8, 4) is 22.1 Å². The van der Waals surface area contributed by atoms with Crippen molar-refractivity contribution in [3.05, 3.63) is 29.3 Å². The number of benzene rings is 1. The lowest BCUT2D eigenvalue weighted by molar-refractivity contribution is 0.277. The van der Waals surface area contributed by atoms with Crippen molar-refractivity contribution < 1.29 is 14.6 Å². The van der Waals surface area contributed by atoms with Crippen LogP contribution in [0.25, 0.3) is 10.6 Å². The highest BCUT2D eigenvalue weighted by atomic mass is 32.1. The quantitative estimate of drug-likeness (QED) is 0.849. The van der Waals surface area contributed by atoms with Crippen LogP contribution in [0.3, 0.4) is 0 Å². The van der Waals surface area contributed by atoms with Crippen molar-refractivity contribution >= 4 is 11.3 Å². The van der Waals surface area contributed by atoms with E-state index in [1.165, 1.54) is 11.3 Å². The molecule has 0 spiro atoms. The number of rotatable bonds is 7. The van der Waals surface area contributed by atoms with Gasteiger partial charge in [0.1, 0.15) is 5.01 Å². The Balaban J connectivity index is 2.28. The lowest BCUT2D eigenvalue weighted by Crippen LogP contribution is -2.00. The molecule has 1 N–H and O–H groups in total. The summed E-state index contributed by atoms with van der Waals surface area (Å²) >= 11 is 1.48. The highest BCUT2D eigenvalue weighted by molar-refractivity contribution is 7.15. The van der Waals surface area contributed by atoms with Crippen LogP contribution in [-0.2, 0) is 6.61 Å². The van der Waals surface area contributed by atoms with Crippen molar-refractivity contribution in [1.29, 1.82) is 0 Å². The second kappa shape index (κ2) is 7.26. The minimum atomic E-state index is 0.0215. The molecule has 0 aliphatic carbocycles. The second-order valence-electron chi connectivity index (χ2n) is 4.23. The summed E-state index contributed by atoms with van der Waals surface area (Å²) in [4.78, 5) is 5.16. The zero-order chi connectivity index (χ0) is 14.4. The normalized spacial score (nSPS) is 10.6. The molecule has 0 unspecified atom stereocenters. The van der Waals surface area contributed by atoms with E-state index in [1.807, 2.05) is 25.1 Å². The van der Waals surface area contributed by atoms with Gasteiger partial charge in [0.25, 0.3) is 0 Å². The second-order valence-corrected chi connectivity index (χ2v) is 5.35. The summed E-state index contributed by atoms with van der Waals surface area (Å²) in [6.07, 6.45) is 2.65. The summed E-state index contributed by atoms with van der Waals surface area (Å²) < 4.78 is 11.3. The number of aliphatic hydroxyl groups is 1. The Labute approximate surface area is 123 Å². The molecular formula is C15H19NO3S. The van der Waals surface area contributed by atoms with Crippen LogP contribution in [0, 0.1) is 0 Å². The summed E-state index contributed by atoms with van der Waals surface area (Å²) in [5.74, 6) is 1.50. The lowest BCUT2D eigenvalue weighted by atomic mass is 10.2. The molecule has 1 heterocycles. The van der Waals surface area contributed by atoms with E-state index in [1.54, 1.807) is 6.20 Å². The van der Waals surface area contributed by atoms with E-state index in [2.05, 4.69) is 11.9 Å². The van der Waals surface area contributed by atoms with Crippen molar-refractivity contribution in [1.82, 2.24) is 4.98 Å². The minimum absolute atomic E-state index is 0.0215. The van der Waals surface area contributed by atoms with Gasteiger partial charge in [-0.05, 0) is 31.5 Å². The number of nitrogens with zero attached hydrogens (tertiary/aromatic N) is 1. The third kappa shape index (κ3) is 3.49. The van der Waals surface area contributed by atoms with Crippen LogP contribution in [0.5, 0.6) is 11.5 Å². The average molecular weight is 293 g/mol. The standard InChI is InChI=1S/C15H19NO3S/c1-3-7-19-13-6-5-11(8-14(13)18-4-2)15-16-9-12(10-17)20-15/h5-6,8-9,17H,3-4,7,10H2,1-2H3. The number of thiazole rings is 1. The summed E-state index contributed by atoms with van der Waals surface area (Å²) in [6, 6.07) is 5.82. The number of ether oxygens (including phenoxy) is 2. The van der Waals surface area contributed by atoms with Crippen molar-refractivity contribution in [3.63, 3.8) is 0 Å². The zero-order valence-electron chi connectivity index (χ0n) is 11.8. The third-order valence-corrected chi connectivity index (χ3v) is 3.69. The maximum absolute atomic E-state index is 9.10. The number of aliphatic hydroxyl groups excluding tert-OH is 1. The maximum Gasteiger partial charge on any atom is 0.161 e. The molecular weight excluding hydrogens is 274 g/mol. The van der Waals surface area contributed by atoms with Crippen LogP contribution in [0.2, 0.25) is 0 Å². The fourth-order valence-corrected chi connectivity index (χ4v) is 2.52. The summed E-state index contributed by atoms with van der Waals surface area (Å²) in [7, 11) is 0. The first-order valence-electron chi connectivity index (χ1n) is 6.74. The first-order chi connectivity index (χ1) is 9.78. The maximum atomic E-state index is 9.10. The first kappa shape index (κ1) is 14.8. The molecule has 4 nitrogen and oxygen atoms in total. The van der Waals surface area contributed by atoms with E-state index in [0.29, 0.717) is 13.2 Å². The van der Waals surface area contributed by atoms with Gasteiger partial charge in [-0.3, -0.25) is 0 Å². The largest absolute Gasteiger partial charge is 0.490 e. The van der Waals surface area contributed by atoms with Crippen LogP contribution < -0.4 is 9.47 Å². The Morgan fingerprint density at radius 3 is 2.70 bits per heavy atom. The van der Waals surface area contributed by atoms with Gasteiger partial charge in [-0.2, -0.15) is 0 Å². The van der Waals surface area contributed by atoms with Gasteiger partial charge in [0.15, 0.2) is 11.5 Å². The predicted octanol–water partition coefficient (Wildman–Crippen LogP) is 3.49. The predicted molar refractivity (Wildman–Crippen MR) is 80.4 cm³/mol. The van der Waals surface area contributed by atoms with Gasteiger partial charge < -0.3 is 14.6 Å². The molecule has 20 heavy (non-hydrogen) atoms. The van der Waals surface area contributed by atoms with Gasteiger partial charge in [-0.15, -0.1) is 11.3 Å². The molecule has 0 amide bonds. The average Bonchev–Trinajstić information content (AvgIpc) is 2.95. The number of hydrogen-bond donors (Lipinski definition) is 1. The van der Waals surface area contributed by atoms with E-state index in [4.69, 9.17) is 14.6 Å². The topological polar surface area (TPSA) is 51.6 Å². The molecule has 108 valence electrons. The lowest BCUT2D eigenvalue weighted by Gasteiger charge is -2.12. The van der Waals surface area contributed by atoms with E-state index >= 15 is 0 Å². The number of aromatic nitrogens is 1. The van der Waals surface area contributed by atoms with Crippen molar-refractivity contribution in [2.45, 2.75) is 26.9 Å². The Bertz CT molecular complexity index is 554. The molecule has 0 aliphatic rings. The highest BCUT2D eigenvalue weighted by Gasteiger charge is 2.10. The van der Waals surface area contributed by atoms with Crippen molar-refractivity contribution in [2.75, 3.05) is 13.2 Å². The Hall–Kier alpha value is -1.59. The molecule has 0 bridgehead atoms. The SMILES string of the molecule is CCCOc1ccc(-c2ncc(CO)s2)cc1OCC. The molecule has 1 aromatic carbocycles. The van der Waals surface area contributed by atoms with Crippen LogP contribution >= 0.6 is 11.3 Å². The summed E-state index contributed by atoms with van der Waals surface area (Å²) in [6.45, 7) is 5.30. The van der Waals surface area contributed by atoms with E-state index in [0.717, 1.165) is 33.4 Å².